The molecule has 15 heavy (non-hydrogen) atoms. The third-order valence-electron chi connectivity index (χ3n) is 3.34. The van der Waals surface area contributed by atoms with Crippen molar-refractivity contribution in [3.63, 3.8) is 0 Å². The van der Waals surface area contributed by atoms with Gasteiger partial charge >= 0.3 is 0 Å². The summed E-state index contributed by atoms with van der Waals surface area (Å²) >= 11 is 0. The lowest BCUT2D eigenvalue weighted by Gasteiger charge is -2.24. The molecule has 1 nitrogen and oxygen atoms in total. The first-order valence-electron chi connectivity index (χ1n) is 5.67. The van der Waals surface area contributed by atoms with Gasteiger partial charge < -0.3 is 5.32 Å². The zero-order valence-electron chi connectivity index (χ0n) is 9.22. The second-order valence-electron chi connectivity index (χ2n) is 4.72. The SMILES string of the molecule is CC1(CCc2ccc(F)cc2)CCCN1. The summed E-state index contributed by atoms with van der Waals surface area (Å²) in [6.07, 6.45) is 4.70. The summed E-state index contributed by atoms with van der Waals surface area (Å²) < 4.78 is 12.7. The van der Waals surface area contributed by atoms with Crippen molar-refractivity contribution in [1.82, 2.24) is 5.32 Å². The van der Waals surface area contributed by atoms with E-state index in [0.29, 0.717) is 5.54 Å². The molecule has 0 bridgehead atoms. The van der Waals surface area contributed by atoms with Crippen molar-refractivity contribution in [3.05, 3.63) is 35.6 Å². The van der Waals surface area contributed by atoms with Gasteiger partial charge in [0.2, 0.25) is 0 Å². The lowest BCUT2D eigenvalue weighted by molar-refractivity contribution is 0.384. The van der Waals surface area contributed by atoms with Crippen LogP contribution in [0.3, 0.4) is 0 Å². The van der Waals surface area contributed by atoms with Crippen LogP contribution in [-0.4, -0.2) is 12.1 Å². The minimum absolute atomic E-state index is 0.149. The predicted octanol–water partition coefficient (Wildman–Crippen LogP) is 2.90. The number of benzene rings is 1. The van der Waals surface area contributed by atoms with E-state index in [-0.39, 0.29) is 5.82 Å². The van der Waals surface area contributed by atoms with E-state index in [4.69, 9.17) is 0 Å². The van der Waals surface area contributed by atoms with Gasteiger partial charge in [0.25, 0.3) is 0 Å². The molecule has 1 heterocycles. The van der Waals surface area contributed by atoms with Crippen LogP contribution in [-0.2, 0) is 6.42 Å². The van der Waals surface area contributed by atoms with Gasteiger partial charge in [-0.3, -0.25) is 0 Å². The Morgan fingerprint density at radius 2 is 2.07 bits per heavy atom. The third kappa shape index (κ3) is 2.78. The number of halogens is 1. The zero-order chi connectivity index (χ0) is 10.7. The molecule has 1 saturated heterocycles. The molecular formula is C13H18FN. The van der Waals surface area contributed by atoms with E-state index in [0.717, 1.165) is 19.4 Å². The lowest BCUT2D eigenvalue weighted by Crippen LogP contribution is -2.36. The van der Waals surface area contributed by atoms with Gasteiger partial charge in [-0.25, -0.2) is 4.39 Å². The van der Waals surface area contributed by atoms with Gasteiger partial charge in [-0.2, -0.15) is 0 Å². The highest BCUT2D eigenvalue weighted by Gasteiger charge is 2.27. The normalized spacial score (nSPS) is 25.7. The van der Waals surface area contributed by atoms with Gasteiger partial charge in [0.1, 0.15) is 5.82 Å². The Labute approximate surface area is 90.7 Å². The number of aryl methyl sites for hydroxylation is 1. The Morgan fingerprint density at radius 1 is 1.33 bits per heavy atom. The van der Waals surface area contributed by atoms with Crippen molar-refractivity contribution >= 4 is 0 Å². The van der Waals surface area contributed by atoms with Crippen molar-refractivity contribution in [2.45, 2.75) is 38.1 Å². The van der Waals surface area contributed by atoms with E-state index in [2.05, 4.69) is 12.2 Å². The van der Waals surface area contributed by atoms with Crippen molar-refractivity contribution < 1.29 is 4.39 Å². The van der Waals surface area contributed by atoms with Crippen LogP contribution in [0.2, 0.25) is 0 Å². The van der Waals surface area contributed by atoms with E-state index >= 15 is 0 Å². The first-order chi connectivity index (χ1) is 7.18. The predicted molar refractivity (Wildman–Crippen MR) is 60.4 cm³/mol. The Hall–Kier alpha value is -0.890. The molecule has 1 aromatic rings. The van der Waals surface area contributed by atoms with Crippen LogP contribution >= 0.6 is 0 Å². The van der Waals surface area contributed by atoms with Gasteiger partial charge in [0.15, 0.2) is 0 Å². The molecular weight excluding hydrogens is 189 g/mol. The highest BCUT2D eigenvalue weighted by molar-refractivity contribution is 5.16. The Morgan fingerprint density at radius 3 is 2.67 bits per heavy atom. The maximum absolute atomic E-state index is 12.7. The van der Waals surface area contributed by atoms with Crippen molar-refractivity contribution in [2.24, 2.45) is 0 Å². The van der Waals surface area contributed by atoms with Crippen LogP contribution in [0.5, 0.6) is 0 Å². The van der Waals surface area contributed by atoms with Crippen LogP contribution in [0.4, 0.5) is 4.39 Å². The first-order valence-corrected chi connectivity index (χ1v) is 5.67. The molecule has 1 atom stereocenters. The van der Waals surface area contributed by atoms with E-state index in [9.17, 15) is 4.39 Å². The van der Waals surface area contributed by atoms with E-state index < -0.39 is 0 Å². The van der Waals surface area contributed by atoms with Crippen LogP contribution in [0, 0.1) is 5.82 Å². The van der Waals surface area contributed by atoms with Crippen molar-refractivity contribution in [3.8, 4) is 0 Å². The smallest absolute Gasteiger partial charge is 0.123 e. The summed E-state index contributed by atoms with van der Waals surface area (Å²) in [5.74, 6) is -0.149. The number of rotatable bonds is 3. The van der Waals surface area contributed by atoms with Crippen LogP contribution in [0.1, 0.15) is 31.7 Å². The maximum Gasteiger partial charge on any atom is 0.123 e. The fourth-order valence-corrected chi connectivity index (χ4v) is 2.24. The largest absolute Gasteiger partial charge is 0.312 e. The molecule has 82 valence electrons. The molecule has 0 amide bonds. The molecule has 0 aromatic heterocycles. The second kappa shape index (κ2) is 4.31. The van der Waals surface area contributed by atoms with Gasteiger partial charge in [0.05, 0.1) is 0 Å². The number of hydrogen-bond donors (Lipinski definition) is 1. The molecule has 1 aliphatic rings. The van der Waals surface area contributed by atoms with Crippen LogP contribution in [0.25, 0.3) is 0 Å². The lowest BCUT2D eigenvalue weighted by atomic mass is 9.92. The molecule has 1 aliphatic heterocycles. The molecule has 0 radical (unpaired) electrons. The molecule has 1 fully saturated rings. The monoisotopic (exact) mass is 207 g/mol. The first kappa shape index (κ1) is 10.6. The average Bonchev–Trinajstić information content (AvgIpc) is 2.65. The number of nitrogens with one attached hydrogen (secondary N) is 1. The van der Waals surface area contributed by atoms with Gasteiger partial charge in [0, 0.05) is 5.54 Å². The van der Waals surface area contributed by atoms with Crippen molar-refractivity contribution in [2.75, 3.05) is 6.54 Å². The van der Waals surface area contributed by atoms with E-state index in [1.54, 1.807) is 12.1 Å². The van der Waals surface area contributed by atoms with Gasteiger partial charge in [-0.05, 0) is 56.8 Å². The van der Waals surface area contributed by atoms with Gasteiger partial charge in [-0.15, -0.1) is 0 Å². The fourth-order valence-electron chi connectivity index (χ4n) is 2.24. The number of hydrogen-bond acceptors (Lipinski definition) is 1. The summed E-state index contributed by atoms with van der Waals surface area (Å²) in [6.45, 7) is 3.42. The summed E-state index contributed by atoms with van der Waals surface area (Å²) in [7, 11) is 0. The second-order valence-corrected chi connectivity index (χ2v) is 4.72. The molecule has 0 aliphatic carbocycles. The molecule has 2 heteroatoms. The van der Waals surface area contributed by atoms with E-state index in [1.165, 1.54) is 18.4 Å². The molecule has 1 aromatic carbocycles. The van der Waals surface area contributed by atoms with Crippen LogP contribution in [0.15, 0.2) is 24.3 Å². The minimum Gasteiger partial charge on any atom is -0.312 e. The highest BCUT2D eigenvalue weighted by Crippen LogP contribution is 2.24. The molecule has 1 N–H and O–H groups in total. The minimum atomic E-state index is -0.149. The van der Waals surface area contributed by atoms with Crippen LogP contribution < -0.4 is 5.32 Å². The topological polar surface area (TPSA) is 12.0 Å². The molecule has 2 rings (SSSR count). The Balaban J connectivity index is 1.90. The zero-order valence-corrected chi connectivity index (χ0v) is 9.22. The summed E-state index contributed by atoms with van der Waals surface area (Å²) in [5.41, 5.74) is 1.53. The average molecular weight is 207 g/mol. The summed E-state index contributed by atoms with van der Waals surface area (Å²) in [4.78, 5) is 0. The van der Waals surface area contributed by atoms with Gasteiger partial charge in [-0.1, -0.05) is 12.1 Å². The summed E-state index contributed by atoms with van der Waals surface area (Å²) in [5, 5.41) is 3.54. The van der Waals surface area contributed by atoms with E-state index in [1.807, 2.05) is 12.1 Å². The molecule has 0 spiro atoms. The highest BCUT2D eigenvalue weighted by atomic mass is 19.1. The Kier molecular flexibility index (Phi) is 3.06. The standard InChI is InChI=1S/C13H18FN/c1-13(8-2-10-15-13)9-7-11-3-5-12(14)6-4-11/h3-6,15H,2,7-10H2,1H3. The Bertz CT molecular complexity index is 312. The maximum atomic E-state index is 12.7. The summed E-state index contributed by atoms with van der Waals surface area (Å²) in [6, 6.07) is 6.85. The molecule has 0 saturated carbocycles. The molecule has 1 unspecified atom stereocenters. The fraction of sp³-hybridized carbons (Fsp3) is 0.538. The van der Waals surface area contributed by atoms with Crippen molar-refractivity contribution in [1.29, 1.82) is 0 Å². The third-order valence-corrected chi connectivity index (χ3v) is 3.34. The quantitative estimate of drug-likeness (QED) is 0.803.